The summed E-state index contributed by atoms with van der Waals surface area (Å²) in [6, 6.07) is 11.2. The van der Waals surface area contributed by atoms with Crippen LogP contribution < -0.4 is 10.8 Å². The minimum Gasteiger partial charge on any atom is -0.355 e. The number of alkyl halides is 3. The van der Waals surface area contributed by atoms with Gasteiger partial charge in [-0.2, -0.15) is 13.2 Å². The van der Waals surface area contributed by atoms with Gasteiger partial charge >= 0.3 is 6.18 Å². The highest BCUT2D eigenvalue weighted by atomic mass is 19.4. The van der Waals surface area contributed by atoms with E-state index < -0.39 is 17.6 Å². The highest BCUT2D eigenvalue weighted by Crippen LogP contribution is 2.31. The lowest BCUT2D eigenvalue weighted by Crippen LogP contribution is -2.22. The van der Waals surface area contributed by atoms with Crippen LogP contribution in [0, 0.1) is 0 Å². The number of carbonyl (C=O) groups is 1. The Balaban J connectivity index is 2.30. The van der Waals surface area contributed by atoms with Gasteiger partial charge in [0.1, 0.15) is 0 Å². The summed E-state index contributed by atoms with van der Waals surface area (Å²) in [5, 5.41) is 2.81. The topological polar surface area (TPSA) is 50.4 Å². The fourth-order valence-electron chi connectivity index (χ4n) is 1.87. The quantitative estimate of drug-likeness (QED) is 0.846. The van der Waals surface area contributed by atoms with Crippen LogP contribution in [0.5, 0.6) is 0 Å². The highest BCUT2D eigenvalue weighted by Gasteiger charge is 2.30. The Morgan fingerprint density at radius 1 is 1.09 bits per heavy atom. The summed E-state index contributed by atoms with van der Waals surface area (Å²) >= 11 is 0. The van der Waals surface area contributed by atoms with E-state index in [2.05, 4.69) is 15.6 Å². The lowest BCUT2D eigenvalue weighted by atomic mass is 10.1. The van der Waals surface area contributed by atoms with E-state index in [0.29, 0.717) is 5.69 Å². The summed E-state index contributed by atoms with van der Waals surface area (Å²) in [5.41, 5.74) is 2.25. The molecule has 4 nitrogen and oxygen atoms in total. The Labute approximate surface area is 124 Å². The molecule has 22 heavy (non-hydrogen) atoms. The molecule has 0 atom stereocenters. The molecule has 1 amide bonds. The van der Waals surface area contributed by atoms with Crippen LogP contribution in [0.2, 0.25) is 0 Å². The molecule has 7 heteroatoms. The van der Waals surface area contributed by atoms with Crippen molar-refractivity contribution < 1.29 is 22.8 Å². The molecule has 0 saturated heterocycles. The number of benzene rings is 2. The van der Waals surface area contributed by atoms with Crippen molar-refractivity contribution in [2.24, 2.45) is 0 Å². The van der Waals surface area contributed by atoms with Gasteiger partial charge in [0.05, 0.1) is 23.9 Å². The molecule has 0 unspecified atom stereocenters. The van der Waals surface area contributed by atoms with Gasteiger partial charge in [-0.05, 0) is 30.3 Å². The third-order valence-electron chi connectivity index (χ3n) is 2.84. The number of nitrogens with one attached hydrogen (secondary N) is 2. The van der Waals surface area contributed by atoms with Gasteiger partial charge < -0.3 is 5.32 Å². The van der Waals surface area contributed by atoms with Crippen LogP contribution in [0.25, 0.3) is 0 Å². The number of hydrogen-bond donors (Lipinski definition) is 2. The standard InChI is InChI=1S/C15H13F3N2O2/c1-22-20-14(21)12-7-2-3-8-13(12)19-11-6-4-5-10(9-11)15(16,17)18/h2-9,19H,1H3,(H,20,21). The molecule has 0 heterocycles. The van der Waals surface area contributed by atoms with Crippen LogP contribution in [0.1, 0.15) is 15.9 Å². The number of hydroxylamine groups is 1. The second-order valence-electron chi connectivity index (χ2n) is 4.38. The van der Waals surface area contributed by atoms with Gasteiger partial charge in [0.2, 0.25) is 0 Å². The molecule has 0 bridgehead atoms. The SMILES string of the molecule is CONC(=O)c1ccccc1Nc1cccc(C(F)(F)F)c1. The molecule has 0 saturated carbocycles. The fourth-order valence-corrected chi connectivity index (χ4v) is 1.87. The molecule has 2 rings (SSSR count). The summed E-state index contributed by atoms with van der Waals surface area (Å²) in [6.45, 7) is 0. The van der Waals surface area contributed by atoms with E-state index in [0.717, 1.165) is 12.1 Å². The molecule has 0 radical (unpaired) electrons. The van der Waals surface area contributed by atoms with E-state index in [-0.39, 0.29) is 11.3 Å². The predicted octanol–water partition coefficient (Wildman–Crippen LogP) is 3.74. The lowest BCUT2D eigenvalue weighted by molar-refractivity contribution is -0.137. The summed E-state index contributed by atoms with van der Waals surface area (Å²) < 4.78 is 38.1. The molecule has 0 aliphatic heterocycles. The molecule has 0 aliphatic rings. The number of amides is 1. The molecule has 0 fully saturated rings. The van der Waals surface area contributed by atoms with E-state index in [1.165, 1.54) is 25.3 Å². The summed E-state index contributed by atoms with van der Waals surface area (Å²) in [7, 11) is 1.29. The Morgan fingerprint density at radius 2 is 1.82 bits per heavy atom. The van der Waals surface area contributed by atoms with Gasteiger partial charge in [-0.3, -0.25) is 9.63 Å². The molecule has 2 aromatic carbocycles. The van der Waals surface area contributed by atoms with Crippen LogP contribution in [0.4, 0.5) is 24.5 Å². The first-order chi connectivity index (χ1) is 10.4. The van der Waals surface area contributed by atoms with Crippen molar-refractivity contribution >= 4 is 17.3 Å². The summed E-state index contributed by atoms with van der Waals surface area (Å²) in [5.74, 6) is -0.502. The Bertz CT molecular complexity index is 672. The maximum absolute atomic E-state index is 12.7. The Morgan fingerprint density at radius 3 is 2.50 bits per heavy atom. The first-order valence-electron chi connectivity index (χ1n) is 6.28. The van der Waals surface area contributed by atoms with Crippen LogP contribution in [0.15, 0.2) is 48.5 Å². The number of hydrogen-bond acceptors (Lipinski definition) is 3. The Hall–Kier alpha value is -2.54. The lowest BCUT2D eigenvalue weighted by Gasteiger charge is -2.13. The van der Waals surface area contributed by atoms with Gasteiger partial charge in [-0.25, -0.2) is 5.48 Å². The monoisotopic (exact) mass is 310 g/mol. The molecule has 2 aromatic rings. The highest BCUT2D eigenvalue weighted by molar-refractivity contribution is 5.99. The maximum Gasteiger partial charge on any atom is 0.416 e. The van der Waals surface area contributed by atoms with E-state index in [4.69, 9.17) is 0 Å². The number of halogens is 3. The molecule has 0 spiro atoms. The van der Waals surface area contributed by atoms with Gasteiger partial charge in [-0.1, -0.05) is 18.2 Å². The second kappa shape index (κ2) is 6.48. The molecule has 2 N–H and O–H groups in total. The van der Waals surface area contributed by atoms with Crippen molar-refractivity contribution in [1.82, 2.24) is 5.48 Å². The van der Waals surface area contributed by atoms with Crippen molar-refractivity contribution in [1.29, 1.82) is 0 Å². The summed E-state index contributed by atoms with van der Waals surface area (Å²) in [6.07, 6.45) is -4.43. The Kier molecular flexibility index (Phi) is 4.67. The van der Waals surface area contributed by atoms with E-state index in [1.807, 2.05) is 0 Å². The molecular formula is C15H13F3N2O2. The third-order valence-corrected chi connectivity index (χ3v) is 2.84. The van der Waals surface area contributed by atoms with Crippen molar-refractivity contribution in [3.05, 3.63) is 59.7 Å². The predicted molar refractivity (Wildman–Crippen MR) is 75.6 cm³/mol. The van der Waals surface area contributed by atoms with Crippen LogP contribution >= 0.6 is 0 Å². The fraction of sp³-hybridized carbons (Fsp3) is 0.133. The van der Waals surface area contributed by atoms with Crippen molar-refractivity contribution in [2.45, 2.75) is 6.18 Å². The first kappa shape index (κ1) is 15.8. The smallest absolute Gasteiger partial charge is 0.355 e. The number of para-hydroxylation sites is 1. The molecular weight excluding hydrogens is 297 g/mol. The zero-order chi connectivity index (χ0) is 16.2. The zero-order valence-electron chi connectivity index (χ0n) is 11.6. The zero-order valence-corrected chi connectivity index (χ0v) is 11.6. The number of anilines is 2. The van der Waals surface area contributed by atoms with Crippen molar-refractivity contribution in [2.75, 3.05) is 12.4 Å². The number of carbonyl (C=O) groups excluding carboxylic acids is 1. The van der Waals surface area contributed by atoms with Crippen LogP contribution in [-0.2, 0) is 11.0 Å². The van der Waals surface area contributed by atoms with Gasteiger partial charge in [0.25, 0.3) is 5.91 Å². The van der Waals surface area contributed by atoms with Crippen LogP contribution in [-0.4, -0.2) is 13.0 Å². The average molecular weight is 310 g/mol. The van der Waals surface area contributed by atoms with Crippen molar-refractivity contribution in [3.8, 4) is 0 Å². The largest absolute Gasteiger partial charge is 0.416 e. The first-order valence-corrected chi connectivity index (χ1v) is 6.28. The van der Waals surface area contributed by atoms with Gasteiger partial charge in [-0.15, -0.1) is 0 Å². The van der Waals surface area contributed by atoms with E-state index in [9.17, 15) is 18.0 Å². The minimum absolute atomic E-state index is 0.229. The van der Waals surface area contributed by atoms with Crippen LogP contribution in [0.3, 0.4) is 0 Å². The maximum atomic E-state index is 12.7. The molecule has 0 aromatic heterocycles. The van der Waals surface area contributed by atoms with E-state index >= 15 is 0 Å². The second-order valence-corrected chi connectivity index (χ2v) is 4.38. The third kappa shape index (κ3) is 3.76. The van der Waals surface area contributed by atoms with E-state index in [1.54, 1.807) is 18.2 Å². The molecule has 116 valence electrons. The van der Waals surface area contributed by atoms with Gasteiger partial charge in [0.15, 0.2) is 0 Å². The van der Waals surface area contributed by atoms with Gasteiger partial charge in [0, 0.05) is 5.69 Å². The summed E-state index contributed by atoms with van der Waals surface area (Å²) in [4.78, 5) is 16.4. The minimum atomic E-state index is -4.43. The molecule has 0 aliphatic carbocycles. The number of rotatable bonds is 4. The normalized spacial score (nSPS) is 11.1. The average Bonchev–Trinajstić information content (AvgIpc) is 2.47. The van der Waals surface area contributed by atoms with Crippen molar-refractivity contribution in [3.63, 3.8) is 0 Å².